The molecule has 0 fully saturated rings. The SMILES string of the molecule is O=C(CNS(=O)(=O)c1cccc(C(F)(F)F)c1)Nc1ccc(OC(F)F)c(Cl)c1. The lowest BCUT2D eigenvalue weighted by atomic mass is 10.2. The van der Waals surface area contributed by atoms with E-state index in [9.17, 15) is 35.2 Å². The Balaban J connectivity index is 2.02. The Morgan fingerprint density at radius 1 is 1.14 bits per heavy atom. The van der Waals surface area contributed by atoms with Gasteiger partial charge in [0, 0.05) is 5.69 Å². The fourth-order valence-corrected chi connectivity index (χ4v) is 3.31. The molecule has 0 unspecified atom stereocenters. The minimum atomic E-state index is -4.73. The van der Waals surface area contributed by atoms with Crippen molar-refractivity contribution in [3.05, 3.63) is 53.1 Å². The second-order valence-electron chi connectivity index (χ2n) is 5.42. The molecular weight excluding hydrogens is 447 g/mol. The van der Waals surface area contributed by atoms with Gasteiger partial charge >= 0.3 is 12.8 Å². The number of hydrogen-bond acceptors (Lipinski definition) is 4. The van der Waals surface area contributed by atoms with Crippen molar-refractivity contribution in [2.45, 2.75) is 17.7 Å². The first-order chi connectivity index (χ1) is 13.4. The van der Waals surface area contributed by atoms with E-state index >= 15 is 0 Å². The summed E-state index contributed by atoms with van der Waals surface area (Å²) >= 11 is 5.73. The quantitative estimate of drug-likeness (QED) is 0.617. The standard InChI is InChI=1S/C16H12ClF5N2O4S/c17-12-7-10(4-5-13(12)28-15(18)19)24-14(25)8-23-29(26,27)11-3-1-2-9(6-11)16(20,21)22/h1-7,15,23H,8H2,(H,24,25). The van der Waals surface area contributed by atoms with E-state index in [0.717, 1.165) is 24.3 Å². The predicted molar refractivity (Wildman–Crippen MR) is 93.3 cm³/mol. The number of anilines is 1. The Bertz CT molecular complexity index is 999. The summed E-state index contributed by atoms with van der Waals surface area (Å²) in [5.41, 5.74) is -1.11. The summed E-state index contributed by atoms with van der Waals surface area (Å²) < 4.78 is 92.7. The highest BCUT2D eigenvalue weighted by atomic mass is 35.5. The predicted octanol–water partition coefficient (Wildman–Crippen LogP) is 3.88. The Morgan fingerprint density at radius 2 is 1.83 bits per heavy atom. The molecule has 0 heterocycles. The topological polar surface area (TPSA) is 84.5 Å². The van der Waals surface area contributed by atoms with Crippen LogP contribution < -0.4 is 14.8 Å². The van der Waals surface area contributed by atoms with E-state index < -0.39 is 45.7 Å². The number of carbonyl (C=O) groups is 1. The Morgan fingerprint density at radius 3 is 2.41 bits per heavy atom. The number of alkyl halides is 5. The van der Waals surface area contributed by atoms with E-state index in [2.05, 4.69) is 10.1 Å². The highest BCUT2D eigenvalue weighted by Crippen LogP contribution is 2.30. The number of rotatable bonds is 7. The molecule has 0 aliphatic heterocycles. The van der Waals surface area contributed by atoms with Crippen molar-refractivity contribution in [1.82, 2.24) is 4.72 Å². The molecule has 0 saturated heterocycles. The van der Waals surface area contributed by atoms with Crippen molar-refractivity contribution in [2.24, 2.45) is 0 Å². The molecule has 0 bridgehead atoms. The van der Waals surface area contributed by atoms with Gasteiger partial charge in [0.25, 0.3) is 0 Å². The summed E-state index contributed by atoms with van der Waals surface area (Å²) in [5.74, 6) is -1.20. The molecule has 0 aliphatic carbocycles. The van der Waals surface area contributed by atoms with Gasteiger partial charge in [-0.1, -0.05) is 17.7 Å². The molecule has 2 aromatic carbocycles. The molecule has 2 aromatic rings. The van der Waals surface area contributed by atoms with Crippen LogP contribution in [-0.4, -0.2) is 27.5 Å². The van der Waals surface area contributed by atoms with Gasteiger partial charge in [-0.25, -0.2) is 13.1 Å². The van der Waals surface area contributed by atoms with E-state index in [4.69, 9.17) is 11.6 Å². The molecule has 2 rings (SSSR count). The van der Waals surface area contributed by atoms with Gasteiger partial charge in [0.2, 0.25) is 15.9 Å². The normalized spacial score (nSPS) is 12.1. The summed E-state index contributed by atoms with van der Waals surface area (Å²) in [6.07, 6.45) is -4.73. The van der Waals surface area contributed by atoms with Gasteiger partial charge in [0.1, 0.15) is 5.75 Å². The molecule has 1 amide bonds. The summed E-state index contributed by atoms with van der Waals surface area (Å²) in [7, 11) is -4.40. The van der Waals surface area contributed by atoms with Crippen LogP contribution in [0.15, 0.2) is 47.4 Å². The van der Waals surface area contributed by atoms with E-state index in [1.54, 1.807) is 0 Å². The van der Waals surface area contributed by atoms with Gasteiger partial charge in [0.15, 0.2) is 0 Å². The number of sulfonamides is 1. The van der Waals surface area contributed by atoms with Crippen molar-refractivity contribution in [1.29, 1.82) is 0 Å². The third-order valence-corrected chi connectivity index (χ3v) is 5.02. The van der Waals surface area contributed by atoms with Crippen LogP contribution in [0.3, 0.4) is 0 Å². The fourth-order valence-electron chi connectivity index (χ4n) is 2.06. The van der Waals surface area contributed by atoms with Crippen LogP contribution in [0.2, 0.25) is 5.02 Å². The van der Waals surface area contributed by atoms with Crippen molar-refractivity contribution in [3.8, 4) is 5.75 Å². The second kappa shape index (κ2) is 8.93. The average Bonchev–Trinajstić information content (AvgIpc) is 2.61. The Labute approximate surface area is 166 Å². The lowest BCUT2D eigenvalue weighted by Crippen LogP contribution is -2.33. The monoisotopic (exact) mass is 458 g/mol. The van der Waals surface area contributed by atoms with Gasteiger partial charge in [-0.15, -0.1) is 0 Å². The first kappa shape index (κ1) is 22.8. The van der Waals surface area contributed by atoms with Gasteiger partial charge in [-0.05, 0) is 36.4 Å². The molecule has 2 N–H and O–H groups in total. The molecule has 13 heteroatoms. The minimum absolute atomic E-state index is 0.0554. The van der Waals surface area contributed by atoms with E-state index in [1.807, 2.05) is 4.72 Å². The van der Waals surface area contributed by atoms with Crippen LogP contribution in [0.1, 0.15) is 5.56 Å². The maximum atomic E-state index is 12.7. The molecule has 0 aliphatic rings. The van der Waals surface area contributed by atoms with Gasteiger partial charge in [0.05, 0.1) is 22.0 Å². The molecule has 158 valence electrons. The van der Waals surface area contributed by atoms with Crippen LogP contribution in [0.4, 0.5) is 27.6 Å². The number of carbonyl (C=O) groups excluding carboxylic acids is 1. The number of amides is 1. The molecule has 0 atom stereocenters. The zero-order chi connectivity index (χ0) is 21.8. The average molecular weight is 459 g/mol. The van der Waals surface area contributed by atoms with Gasteiger partial charge < -0.3 is 10.1 Å². The first-order valence-corrected chi connectivity index (χ1v) is 9.46. The number of hydrogen-bond donors (Lipinski definition) is 2. The lowest BCUT2D eigenvalue weighted by molar-refractivity contribution is -0.137. The van der Waals surface area contributed by atoms with Crippen LogP contribution in [0, 0.1) is 0 Å². The molecule has 29 heavy (non-hydrogen) atoms. The van der Waals surface area contributed by atoms with Crippen molar-refractivity contribution in [2.75, 3.05) is 11.9 Å². The number of halogens is 6. The molecule has 0 saturated carbocycles. The summed E-state index contributed by atoms with van der Waals surface area (Å²) in [5, 5.41) is 2.02. The minimum Gasteiger partial charge on any atom is -0.433 e. The number of benzene rings is 2. The van der Waals surface area contributed by atoms with Crippen molar-refractivity contribution < 1.29 is 39.9 Å². The van der Waals surface area contributed by atoms with Crippen molar-refractivity contribution >= 4 is 33.2 Å². The fraction of sp³-hybridized carbons (Fsp3) is 0.188. The van der Waals surface area contributed by atoms with Crippen LogP contribution >= 0.6 is 11.6 Å². The van der Waals surface area contributed by atoms with Crippen LogP contribution in [0.25, 0.3) is 0 Å². The number of ether oxygens (including phenoxy) is 1. The third kappa shape index (κ3) is 6.54. The van der Waals surface area contributed by atoms with E-state index in [0.29, 0.717) is 12.1 Å². The van der Waals surface area contributed by atoms with Crippen molar-refractivity contribution in [3.63, 3.8) is 0 Å². The maximum Gasteiger partial charge on any atom is 0.416 e. The van der Waals surface area contributed by atoms with Crippen LogP contribution in [0.5, 0.6) is 5.75 Å². The second-order valence-corrected chi connectivity index (χ2v) is 7.60. The molecule has 0 radical (unpaired) electrons. The molecular formula is C16H12ClF5N2O4S. The lowest BCUT2D eigenvalue weighted by Gasteiger charge is -2.11. The van der Waals surface area contributed by atoms with Gasteiger partial charge in [-0.2, -0.15) is 22.0 Å². The summed E-state index contributed by atoms with van der Waals surface area (Å²) in [4.78, 5) is 11.2. The summed E-state index contributed by atoms with van der Waals surface area (Å²) in [6, 6.07) is 6.34. The molecule has 6 nitrogen and oxygen atoms in total. The highest BCUT2D eigenvalue weighted by Gasteiger charge is 2.31. The Hall–Kier alpha value is -2.44. The smallest absolute Gasteiger partial charge is 0.416 e. The largest absolute Gasteiger partial charge is 0.433 e. The van der Waals surface area contributed by atoms with E-state index in [1.165, 1.54) is 6.07 Å². The molecule has 0 aromatic heterocycles. The summed E-state index contributed by atoms with van der Waals surface area (Å²) in [6.45, 7) is -3.90. The highest BCUT2D eigenvalue weighted by molar-refractivity contribution is 7.89. The zero-order valence-electron chi connectivity index (χ0n) is 14.1. The number of nitrogens with one attached hydrogen (secondary N) is 2. The first-order valence-electron chi connectivity index (χ1n) is 7.59. The van der Waals surface area contributed by atoms with Gasteiger partial charge in [-0.3, -0.25) is 4.79 Å². The zero-order valence-corrected chi connectivity index (χ0v) is 15.7. The Kier molecular flexibility index (Phi) is 7.03. The van der Waals surface area contributed by atoms with Crippen LogP contribution in [-0.2, 0) is 21.0 Å². The third-order valence-electron chi connectivity index (χ3n) is 3.33. The van der Waals surface area contributed by atoms with E-state index in [-0.39, 0.29) is 16.5 Å². The maximum absolute atomic E-state index is 12.7. The molecule has 0 spiro atoms.